The van der Waals surface area contributed by atoms with Crippen LogP contribution in [-0.2, 0) is 0 Å². The summed E-state index contributed by atoms with van der Waals surface area (Å²) >= 11 is 0. The highest BCUT2D eigenvalue weighted by atomic mass is 28.3. The molecule has 18 heavy (non-hydrogen) atoms. The highest BCUT2D eigenvalue weighted by molar-refractivity contribution is 6.77. The maximum atomic E-state index is 2.57. The molecule has 1 heteroatoms. The molecular formula is C17H34Si. The van der Waals surface area contributed by atoms with Gasteiger partial charge in [0.25, 0.3) is 0 Å². The second-order valence-electron chi connectivity index (χ2n) is 7.24. The van der Waals surface area contributed by atoms with Gasteiger partial charge in [-0.05, 0) is 30.7 Å². The van der Waals surface area contributed by atoms with Crippen LogP contribution >= 0.6 is 0 Å². The first kappa shape index (κ1) is 16.0. The van der Waals surface area contributed by atoms with Crippen LogP contribution in [0.1, 0.15) is 64.7 Å². The van der Waals surface area contributed by atoms with Gasteiger partial charge in [0.1, 0.15) is 0 Å². The minimum atomic E-state index is -0.965. The van der Waals surface area contributed by atoms with Gasteiger partial charge in [-0.2, -0.15) is 0 Å². The molecule has 0 spiro atoms. The molecule has 0 amide bonds. The van der Waals surface area contributed by atoms with E-state index in [-0.39, 0.29) is 0 Å². The molecule has 1 aliphatic carbocycles. The second kappa shape index (κ2) is 8.19. The molecule has 106 valence electrons. The molecule has 0 bridgehead atoms. The molecule has 2 atom stereocenters. The first-order valence-electron chi connectivity index (χ1n) is 8.20. The lowest BCUT2D eigenvalue weighted by molar-refractivity contribution is 0.437. The van der Waals surface area contributed by atoms with Crippen molar-refractivity contribution < 1.29 is 0 Å². The summed E-state index contributed by atoms with van der Waals surface area (Å²) in [4.78, 5) is 0. The normalized spacial score (nSPS) is 28.4. The van der Waals surface area contributed by atoms with Crippen LogP contribution in [0.5, 0.6) is 0 Å². The summed E-state index contributed by atoms with van der Waals surface area (Å²) in [6.07, 6.45) is 17.9. The number of allylic oxidation sites excluding steroid dienone is 2. The first-order valence-corrected chi connectivity index (χ1v) is 11.8. The molecule has 0 aliphatic heterocycles. The van der Waals surface area contributed by atoms with E-state index in [0.29, 0.717) is 0 Å². The number of hydrogen-bond donors (Lipinski definition) is 0. The topological polar surface area (TPSA) is 0 Å². The molecule has 1 saturated carbocycles. The Kier molecular flexibility index (Phi) is 7.29. The van der Waals surface area contributed by atoms with Gasteiger partial charge in [-0.15, -0.1) is 0 Å². The van der Waals surface area contributed by atoms with E-state index in [1.165, 1.54) is 57.8 Å². The predicted octanol–water partition coefficient (Wildman–Crippen LogP) is 6.41. The highest BCUT2D eigenvalue weighted by Crippen LogP contribution is 2.37. The van der Waals surface area contributed by atoms with Crippen molar-refractivity contribution in [3.63, 3.8) is 0 Å². The SMILES string of the molecule is CC/C=C/C1CCCCCCCC([Si](C)(C)C)C1. The summed E-state index contributed by atoms with van der Waals surface area (Å²) in [5, 5.41) is 0. The summed E-state index contributed by atoms with van der Waals surface area (Å²) in [6.45, 7) is 9.98. The van der Waals surface area contributed by atoms with Crippen molar-refractivity contribution in [3.8, 4) is 0 Å². The van der Waals surface area contributed by atoms with Gasteiger partial charge in [0, 0.05) is 8.07 Å². The Balaban J connectivity index is 2.65. The zero-order chi connectivity index (χ0) is 13.4. The standard InChI is InChI=1S/C17H34Si/c1-5-6-12-16-13-10-8-7-9-11-14-17(15-16)18(2,3)4/h6,12,16-17H,5,7-11,13-15H2,1-4H3/b12-6+. The summed E-state index contributed by atoms with van der Waals surface area (Å²) in [5.41, 5.74) is 1.04. The Hall–Kier alpha value is -0.0431. The maximum absolute atomic E-state index is 2.57. The minimum Gasteiger partial charge on any atom is -0.0885 e. The molecular weight excluding hydrogens is 232 g/mol. The Bertz CT molecular complexity index is 236. The van der Waals surface area contributed by atoms with E-state index in [4.69, 9.17) is 0 Å². The average Bonchev–Trinajstić information content (AvgIpc) is 2.32. The third-order valence-electron chi connectivity index (χ3n) is 4.58. The third kappa shape index (κ3) is 6.22. The van der Waals surface area contributed by atoms with Crippen molar-refractivity contribution in [2.45, 2.75) is 89.9 Å². The van der Waals surface area contributed by atoms with Gasteiger partial charge in [0.15, 0.2) is 0 Å². The summed E-state index contributed by atoms with van der Waals surface area (Å²) in [5.74, 6) is 0.875. The maximum Gasteiger partial charge on any atom is 0.0474 e. The van der Waals surface area contributed by atoms with Crippen LogP contribution in [0, 0.1) is 5.92 Å². The number of rotatable bonds is 3. The van der Waals surface area contributed by atoms with Gasteiger partial charge in [0.2, 0.25) is 0 Å². The van der Waals surface area contributed by atoms with Crippen LogP contribution < -0.4 is 0 Å². The van der Waals surface area contributed by atoms with E-state index in [2.05, 4.69) is 38.7 Å². The smallest absolute Gasteiger partial charge is 0.0474 e. The largest absolute Gasteiger partial charge is 0.0885 e. The summed E-state index contributed by atoms with van der Waals surface area (Å²) in [7, 11) is -0.965. The Morgan fingerprint density at radius 2 is 1.56 bits per heavy atom. The summed E-state index contributed by atoms with van der Waals surface area (Å²) < 4.78 is 0. The zero-order valence-corrected chi connectivity index (χ0v) is 14.2. The van der Waals surface area contributed by atoms with E-state index >= 15 is 0 Å². The molecule has 2 unspecified atom stereocenters. The molecule has 0 saturated heterocycles. The molecule has 0 nitrogen and oxygen atoms in total. The van der Waals surface area contributed by atoms with E-state index in [1.807, 2.05) is 0 Å². The Morgan fingerprint density at radius 1 is 0.944 bits per heavy atom. The van der Waals surface area contributed by atoms with Crippen molar-refractivity contribution in [3.05, 3.63) is 12.2 Å². The van der Waals surface area contributed by atoms with Crippen molar-refractivity contribution >= 4 is 8.07 Å². The van der Waals surface area contributed by atoms with Crippen LogP contribution in [0.4, 0.5) is 0 Å². The fraction of sp³-hybridized carbons (Fsp3) is 0.882. The zero-order valence-electron chi connectivity index (χ0n) is 13.2. The van der Waals surface area contributed by atoms with Gasteiger partial charge < -0.3 is 0 Å². The first-order chi connectivity index (χ1) is 8.54. The van der Waals surface area contributed by atoms with Crippen LogP contribution in [-0.4, -0.2) is 8.07 Å². The molecule has 1 aliphatic rings. The lowest BCUT2D eigenvalue weighted by Crippen LogP contribution is -2.29. The average molecular weight is 267 g/mol. The molecule has 0 aromatic rings. The second-order valence-corrected chi connectivity index (χ2v) is 12.8. The van der Waals surface area contributed by atoms with Gasteiger partial charge in [-0.3, -0.25) is 0 Å². The Morgan fingerprint density at radius 3 is 2.17 bits per heavy atom. The lowest BCUT2D eigenvalue weighted by atomic mass is 9.91. The predicted molar refractivity (Wildman–Crippen MR) is 87.0 cm³/mol. The van der Waals surface area contributed by atoms with Crippen molar-refractivity contribution in [2.75, 3.05) is 0 Å². The lowest BCUT2D eigenvalue weighted by Gasteiger charge is -2.32. The van der Waals surface area contributed by atoms with Gasteiger partial charge in [-0.25, -0.2) is 0 Å². The van der Waals surface area contributed by atoms with Crippen molar-refractivity contribution in [1.29, 1.82) is 0 Å². The van der Waals surface area contributed by atoms with Crippen LogP contribution in [0.25, 0.3) is 0 Å². The van der Waals surface area contributed by atoms with E-state index < -0.39 is 8.07 Å². The van der Waals surface area contributed by atoms with Crippen LogP contribution in [0.2, 0.25) is 25.2 Å². The van der Waals surface area contributed by atoms with E-state index in [1.54, 1.807) is 0 Å². The molecule has 0 heterocycles. The minimum absolute atomic E-state index is 0.875. The van der Waals surface area contributed by atoms with E-state index in [9.17, 15) is 0 Å². The molecule has 0 N–H and O–H groups in total. The van der Waals surface area contributed by atoms with Crippen LogP contribution in [0.15, 0.2) is 12.2 Å². The Labute approximate surface area is 116 Å². The van der Waals surface area contributed by atoms with E-state index in [0.717, 1.165) is 11.5 Å². The summed E-state index contributed by atoms with van der Waals surface area (Å²) in [6, 6.07) is 0. The van der Waals surface area contributed by atoms with Crippen molar-refractivity contribution in [1.82, 2.24) is 0 Å². The fourth-order valence-electron chi connectivity index (χ4n) is 3.22. The van der Waals surface area contributed by atoms with Gasteiger partial charge >= 0.3 is 0 Å². The quantitative estimate of drug-likeness (QED) is 0.409. The number of hydrogen-bond acceptors (Lipinski definition) is 0. The monoisotopic (exact) mass is 266 g/mol. The molecule has 1 fully saturated rings. The van der Waals surface area contributed by atoms with Crippen molar-refractivity contribution in [2.24, 2.45) is 5.92 Å². The highest BCUT2D eigenvalue weighted by Gasteiger charge is 2.28. The molecule has 1 rings (SSSR count). The van der Waals surface area contributed by atoms with Gasteiger partial charge in [-0.1, -0.05) is 77.2 Å². The molecule has 0 aromatic carbocycles. The van der Waals surface area contributed by atoms with Crippen LogP contribution in [0.3, 0.4) is 0 Å². The van der Waals surface area contributed by atoms with Gasteiger partial charge in [0.05, 0.1) is 0 Å². The molecule has 0 aromatic heterocycles. The fourth-order valence-corrected chi connectivity index (χ4v) is 5.30. The molecule has 0 radical (unpaired) electrons. The third-order valence-corrected chi connectivity index (χ3v) is 7.56.